The Morgan fingerprint density at radius 1 is 1.34 bits per heavy atom. The largest absolute Gasteiger partial charge is 0.488 e. The van der Waals surface area contributed by atoms with Crippen molar-refractivity contribution in [2.45, 2.75) is 71.6 Å². The molecule has 0 unspecified atom stereocenters. The fraction of sp³-hybridized carbons (Fsp3) is 0.619. The van der Waals surface area contributed by atoms with Crippen LogP contribution in [0.4, 0.5) is 0 Å². The van der Waals surface area contributed by atoms with E-state index in [1.807, 2.05) is 40.0 Å². The minimum absolute atomic E-state index is 0.0115. The molecule has 2 atom stereocenters. The zero-order chi connectivity index (χ0) is 21.0. The number of pyridine rings is 1. The Hall–Kier alpha value is -2.48. The molecule has 1 saturated carbocycles. The van der Waals surface area contributed by atoms with Gasteiger partial charge in [-0.15, -0.1) is 5.10 Å². The number of aromatic nitrogens is 4. The maximum absolute atomic E-state index is 12.3. The maximum atomic E-state index is 12.3. The Morgan fingerprint density at radius 2 is 2.14 bits per heavy atom. The Labute approximate surface area is 171 Å². The molecule has 8 nitrogen and oxygen atoms in total. The number of hydrogen-bond donors (Lipinski definition) is 1. The second-order valence-electron chi connectivity index (χ2n) is 7.80. The molecule has 158 valence electrons. The molecule has 3 rings (SSSR count). The van der Waals surface area contributed by atoms with Gasteiger partial charge in [0.15, 0.2) is 0 Å². The molecule has 2 aromatic heterocycles. The molecular formula is C21H31N5O3. The van der Waals surface area contributed by atoms with Gasteiger partial charge in [-0.2, -0.15) is 0 Å². The van der Waals surface area contributed by atoms with E-state index in [1.54, 1.807) is 4.68 Å². The van der Waals surface area contributed by atoms with Crippen LogP contribution in [0.3, 0.4) is 0 Å². The number of ether oxygens (including phenoxy) is 2. The van der Waals surface area contributed by atoms with Crippen molar-refractivity contribution >= 4 is 5.97 Å². The number of carbonyl (C=O) groups excluding carboxylic acids is 1. The van der Waals surface area contributed by atoms with E-state index in [-0.39, 0.29) is 24.1 Å². The molecule has 2 aromatic rings. The predicted octanol–water partition coefficient (Wildman–Crippen LogP) is 2.79. The molecule has 29 heavy (non-hydrogen) atoms. The summed E-state index contributed by atoms with van der Waals surface area (Å²) in [5, 5.41) is 8.26. The van der Waals surface area contributed by atoms with Crippen molar-refractivity contribution < 1.29 is 14.3 Å². The summed E-state index contributed by atoms with van der Waals surface area (Å²) >= 11 is 0. The third-order valence-electron chi connectivity index (χ3n) is 5.25. The maximum Gasteiger partial charge on any atom is 0.309 e. The van der Waals surface area contributed by atoms with Crippen molar-refractivity contribution in [2.24, 2.45) is 18.7 Å². The third kappa shape index (κ3) is 4.93. The van der Waals surface area contributed by atoms with E-state index in [0.717, 1.165) is 48.5 Å². The van der Waals surface area contributed by atoms with Crippen LogP contribution in [0.25, 0.3) is 11.4 Å². The molecule has 0 saturated heterocycles. The average molecular weight is 402 g/mol. The molecule has 1 aliphatic rings. The molecule has 0 spiro atoms. The Bertz CT molecular complexity index is 849. The highest BCUT2D eigenvalue weighted by Crippen LogP contribution is 2.31. The van der Waals surface area contributed by atoms with E-state index in [9.17, 15) is 4.79 Å². The van der Waals surface area contributed by atoms with Gasteiger partial charge >= 0.3 is 5.97 Å². The van der Waals surface area contributed by atoms with E-state index < -0.39 is 0 Å². The first-order valence-corrected chi connectivity index (χ1v) is 10.4. The monoisotopic (exact) mass is 401 g/mol. The van der Waals surface area contributed by atoms with Gasteiger partial charge in [-0.25, -0.2) is 4.98 Å². The smallest absolute Gasteiger partial charge is 0.309 e. The number of hydrogen-bond acceptors (Lipinski definition) is 7. The quantitative estimate of drug-likeness (QED) is 0.711. The van der Waals surface area contributed by atoms with Crippen molar-refractivity contribution in [1.82, 2.24) is 20.0 Å². The molecule has 2 N–H and O–H groups in total. The number of nitrogens with two attached hydrogens (primary N) is 1. The number of nitrogens with zero attached hydrogens (tertiary/aromatic N) is 4. The second-order valence-corrected chi connectivity index (χ2v) is 7.80. The Kier molecular flexibility index (Phi) is 6.84. The van der Waals surface area contributed by atoms with Crippen LogP contribution >= 0.6 is 0 Å². The lowest BCUT2D eigenvalue weighted by atomic mass is 9.87. The van der Waals surface area contributed by atoms with Crippen molar-refractivity contribution in [3.05, 3.63) is 23.5 Å². The van der Waals surface area contributed by atoms with Crippen LogP contribution in [0, 0.1) is 5.92 Å². The molecule has 1 fully saturated rings. The van der Waals surface area contributed by atoms with Gasteiger partial charge in [-0.05, 0) is 58.1 Å². The lowest BCUT2D eigenvalue weighted by Gasteiger charge is -2.29. The van der Waals surface area contributed by atoms with Gasteiger partial charge in [0.05, 0.1) is 35.2 Å². The lowest BCUT2D eigenvalue weighted by molar-refractivity contribution is -0.154. The summed E-state index contributed by atoms with van der Waals surface area (Å²) in [6.07, 6.45) is 4.05. The molecule has 8 heteroatoms. The molecule has 0 radical (unpaired) electrons. The molecule has 1 aliphatic carbocycles. The lowest BCUT2D eigenvalue weighted by Crippen LogP contribution is -2.32. The van der Waals surface area contributed by atoms with E-state index in [1.165, 1.54) is 0 Å². The van der Waals surface area contributed by atoms with Gasteiger partial charge in [-0.3, -0.25) is 9.48 Å². The van der Waals surface area contributed by atoms with Gasteiger partial charge in [-0.1, -0.05) is 12.1 Å². The van der Waals surface area contributed by atoms with Crippen molar-refractivity contribution in [3.8, 4) is 17.1 Å². The summed E-state index contributed by atoms with van der Waals surface area (Å²) in [7, 11) is 1.82. The first kappa shape index (κ1) is 21.2. The van der Waals surface area contributed by atoms with Crippen LogP contribution in [0.15, 0.2) is 12.1 Å². The summed E-state index contributed by atoms with van der Waals surface area (Å²) in [6, 6.07) is 3.83. The number of carbonyl (C=O) groups is 1. The van der Waals surface area contributed by atoms with Crippen molar-refractivity contribution in [2.75, 3.05) is 0 Å². The van der Waals surface area contributed by atoms with E-state index >= 15 is 0 Å². The highest BCUT2D eigenvalue weighted by Gasteiger charge is 2.30. The van der Waals surface area contributed by atoms with E-state index in [0.29, 0.717) is 18.7 Å². The van der Waals surface area contributed by atoms with Crippen LogP contribution in [0.5, 0.6) is 5.75 Å². The van der Waals surface area contributed by atoms with Gasteiger partial charge in [0, 0.05) is 13.6 Å². The summed E-state index contributed by atoms with van der Waals surface area (Å²) < 4.78 is 13.3. The third-order valence-corrected chi connectivity index (χ3v) is 5.25. The number of aryl methyl sites for hydroxylation is 2. The minimum Gasteiger partial charge on any atom is -0.488 e. The topological polar surface area (TPSA) is 105 Å². The zero-order valence-corrected chi connectivity index (χ0v) is 17.7. The van der Waals surface area contributed by atoms with Crippen LogP contribution in [-0.2, 0) is 29.5 Å². The molecule has 0 amide bonds. The fourth-order valence-corrected chi connectivity index (χ4v) is 3.76. The van der Waals surface area contributed by atoms with Gasteiger partial charge in [0.25, 0.3) is 0 Å². The van der Waals surface area contributed by atoms with Crippen molar-refractivity contribution in [1.29, 1.82) is 0 Å². The molecule has 2 heterocycles. The van der Waals surface area contributed by atoms with Crippen LogP contribution < -0.4 is 10.5 Å². The van der Waals surface area contributed by atoms with Crippen LogP contribution in [-0.4, -0.2) is 38.2 Å². The highest BCUT2D eigenvalue weighted by molar-refractivity contribution is 5.72. The summed E-state index contributed by atoms with van der Waals surface area (Å²) in [6.45, 7) is 6.14. The SMILES string of the molecule is CCc1nc(-c2nnn(C)c2CN)ccc1O[C@H]1CCC[C@H](C(=O)OC(C)C)C1. The average Bonchev–Trinajstić information content (AvgIpc) is 3.08. The zero-order valence-electron chi connectivity index (χ0n) is 17.7. The summed E-state index contributed by atoms with van der Waals surface area (Å²) in [5.41, 5.74) is 8.98. The summed E-state index contributed by atoms with van der Waals surface area (Å²) in [4.78, 5) is 17.0. The fourth-order valence-electron chi connectivity index (χ4n) is 3.76. The standard InChI is InChI=1S/C21H31N5O3/c1-5-16-19(10-9-17(23-16)20-18(12-22)26(4)25-24-20)29-15-8-6-7-14(11-15)21(27)28-13(2)3/h9-10,13-15H,5-8,11-12,22H2,1-4H3/t14-,15-/m0/s1. The first-order valence-electron chi connectivity index (χ1n) is 10.4. The second kappa shape index (κ2) is 9.35. The summed E-state index contributed by atoms with van der Waals surface area (Å²) in [5.74, 6) is 0.548. The Balaban J connectivity index is 1.75. The molecule has 0 aromatic carbocycles. The van der Waals surface area contributed by atoms with Crippen LogP contribution in [0.2, 0.25) is 0 Å². The highest BCUT2D eigenvalue weighted by atomic mass is 16.5. The molecule has 0 bridgehead atoms. The molecule has 0 aliphatic heterocycles. The predicted molar refractivity (Wildman–Crippen MR) is 109 cm³/mol. The molecular weight excluding hydrogens is 370 g/mol. The van der Waals surface area contributed by atoms with Crippen molar-refractivity contribution in [3.63, 3.8) is 0 Å². The van der Waals surface area contributed by atoms with E-state index in [4.69, 9.17) is 20.2 Å². The minimum atomic E-state index is -0.116. The number of rotatable bonds is 7. The normalized spacial score (nSPS) is 19.4. The van der Waals surface area contributed by atoms with Gasteiger partial charge in [0.2, 0.25) is 0 Å². The van der Waals surface area contributed by atoms with Gasteiger partial charge < -0.3 is 15.2 Å². The first-order chi connectivity index (χ1) is 13.9. The number of esters is 1. The Morgan fingerprint density at radius 3 is 2.83 bits per heavy atom. The van der Waals surface area contributed by atoms with Crippen LogP contribution in [0.1, 0.15) is 57.8 Å². The van der Waals surface area contributed by atoms with E-state index in [2.05, 4.69) is 10.3 Å². The van der Waals surface area contributed by atoms with Gasteiger partial charge in [0.1, 0.15) is 11.4 Å².